The molecular weight excluding hydrogens is 264 g/mol. The number of carbonyl (C=O) groups excluding carboxylic acids is 1. The van der Waals surface area contributed by atoms with Gasteiger partial charge in [-0.1, -0.05) is 6.07 Å². The Hall–Kier alpha value is -1.27. The number of aromatic nitrogens is 1. The molecule has 1 aromatic rings. The molecule has 0 N–H and O–H groups in total. The van der Waals surface area contributed by atoms with Crippen molar-refractivity contribution in [2.24, 2.45) is 5.92 Å². The van der Waals surface area contributed by atoms with E-state index in [1.807, 2.05) is 12.1 Å². The lowest BCUT2D eigenvalue weighted by Gasteiger charge is -2.29. The average Bonchev–Trinajstić information content (AvgIpc) is 2.46. The molecule has 1 fully saturated rings. The highest BCUT2D eigenvalue weighted by Gasteiger charge is 2.28. The zero-order valence-corrected chi connectivity index (χ0v) is 11.6. The number of pyridine rings is 1. The van der Waals surface area contributed by atoms with Gasteiger partial charge in [-0.2, -0.15) is 0 Å². The van der Waals surface area contributed by atoms with Crippen molar-refractivity contribution in [1.29, 1.82) is 0 Å². The highest BCUT2D eigenvalue weighted by Crippen LogP contribution is 2.18. The van der Waals surface area contributed by atoms with Gasteiger partial charge >= 0.3 is 0 Å². The highest BCUT2D eigenvalue weighted by atomic mass is 32.2. The first-order chi connectivity index (χ1) is 9.12. The van der Waals surface area contributed by atoms with E-state index in [0.29, 0.717) is 19.5 Å². The van der Waals surface area contributed by atoms with Gasteiger partial charge in [0.25, 0.3) is 0 Å². The lowest BCUT2D eigenvalue weighted by atomic mass is 10.0. The van der Waals surface area contributed by atoms with Gasteiger partial charge < -0.3 is 4.79 Å². The summed E-state index contributed by atoms with van der Waals surface area (Å²) in [4.78, 5) is 14.9. The van der Waals surface area contributed by atoms with E-state index < -0.39 is 10.0 Å². The highest BCUT2D eigenvalue weighted by molar-refractivity contribution is 7.89. The Labute approximate surface area is 113 Å². The molecule has 1 aliphatic heterocycles. The molecule has 1 atom stereocenters. The van der Waals surface area contributed by atoms with Gasteiger partial charge in [0.05, 0.1) is 5.75 Å². The summed E-state index contributed by atoms with van der Waals surface area (Å²) < 4.78 is 25.8. The molecule has 2 rings (SSSR count). The summed E-state index contributed by atoms with van der Waals surface area (Å²) in [7, 11) is -3.29. The van der Waals surface area contributed by atoms with Crippen LogP contribution in [0.4, 0.5) is 0 Å². The normalized spacial score (nSPS) is 21.2. The van der Waals surface area contributed by atoms with Gasteiger partial charge in [-0.05, 0) is 25.0 Å². The van der Waals surface area contributed by atoms with Crippen LogP contribution in [0.25, 0.3) is 0 Å². The van der Waals surface area contributed by atoms with Gasteiger partial charge in [-0.15, -0.1) is 0 Å². The van der Waals surface area contributed by atoms with Gasteiger partial charge in [0, 0.05) is 37.3 Å². The van der Waals surface area contributed by atoms with Crippen molar-refractivity contribution in [3.63, 3.8) is 0 Å². The van der Waals surface area contributed by atoms with Crippen LogP contribution >= 0.6 is 0 Å². The molecule has 1 aromatic heterocycles. The standard InChI is InChI=1S/C13H18N2O3S/c16-11-12-4-3-8-15(10-12)19(17,18)9-6-13-5-1-2-7-14-13/h1-2,5,7,11-12H,3-4,6,8-10H2. The fourth-order valence-corrected chi connectivity index (χ4v) is 3.80. The third-order valence-corrected chi connectivity index (χ3v) is 5.19. The van der Waals surface area contributed by atoms with Crippen molar-refractivity contribution in [1.82, 2.24) is 9.29 Å². The van der Waals surface area contributed by atoms with Crippen molar-refractivity contribution in [2.75, 3.05) is 18.8 Å². The largest absolute Gasteiger partial charge is 0.303 e. The smallest absolute Gasteiger partial charge is 0.214 e. The van der Waals surface area contributed by atoms with Crippen LogP contribution in [0.5, 0.6) is 0 Å². The molecule has 1 saturated heterocycles. The van der Waals surface area contributed by atoms with Gasteiger partial charge in [0.2, 0.25) is 10.0 Å². The van der Waals surface area contributed by atoms with Gasteiger partial charge in [0.1, 0.15) is 6.29 Å². The summed E-state index contributed by atoms with van der Waals surface area (Å²) in [5.41, 5.74) is 0.773. The molecule has 6 heteroatoms. The Bertz CT molecular complexity index is 516. The minimum Gasteiger partial charge on any atom is -0.303 e. The van der Waals surface area contributed by atoms with E-state index in [1.54, 1.807) is 12.3 Å². The van der Waals surface area contributed by atoms with Gasteiger partial charge in [-0.3, -0.25) is 4.98 Å². The number of rotatable bonds is 5. The molecule has 1 aliphatic rings. The second-order valence-corrected chi connectivity index (χ2v) is 6.87. The maximum atomic E-state index is 12.2. The number of carbonyl (C=O) groups is 1. The molecule has 0 bridgehead atoms. The van der Waals surface area contributed by atoms with Crippen LogP contribution in [0.1, 0.15) is 18.5 Å². The Morgan fingerprint density at radius 1 is 1.42 bits per heavy atom. The van der Waals surface area contributed by atoms with Crippen LogP contribution in [0.3, 0.4) is 0 Å². The van der Waals surface area contributed by atoms with E-state index in [9.17, 15) is 13.2 Å². The molecule has 0 aromatic carbocycles. The summed E-state index contributed by atoms with van der Waals surface area (Å²) in [6.07, 6.45) is 4.47. The van der Waals surface area contributed by atoms with Crippen molar-refractivity contribution in [2.45, 2.75) is 19.3 Å². The van der Waals surface area contributed by atoms with E-state index in [-0.39, 0.29) is 11.7 Å². The van der Waals surface area contributed by atoms with E-state index in [1.165, 1.54) is 4.31 Å². The average molecular weight is 282 g/mol. The number of aldehydes is 1. The summed E-state index contributed by atoms with van der Waals surface area (Å²) in [6, 6.07) is 5.47. The molecule has 19 heavy (non-hydrogen) atoms. The topological polar surface area (TPSA) is 67.3 Å². The SMILES string of the molecule is O=CC1CCCN(S(=O)(=O)CCc2ccccn2)C1. The van der Waals surface area contributed by atoms with Crippen LogP contribution in [0.2, 0.25) is 0 Å². The first kappa shape index (κ1) is 14.1. The second-order valence-electron chi connectivity index (χ2n) is 4.78. The summed E-state index contributed by atoms with van der Waals surface area (Å²) in [6.45, 7) is 0.850. The van der Waals surface area contributed by atoms with Crippen LogP contribution in [0.15, 0.2) is 24.4 Å². The number of sulfonamides is 1. The molecule has 1 unspecified atom stereocenters. The third-order valence-electron chi connectivity index (χ3n) is 3.35. The molecule has 5 nitrogen and oxygen atoms in total. The predicted octanol–water partition coefficient (Wildman–Crippen LogP) is 0.865. The number of hydrogen-bond acceptors (Lipinski definition) is 4. The fraction of sp³-hybridized carbons (Fsp3) is 0.538. The van der Waals surface area contributed by atoms with Crippen LogP contribution in [-0.4, -0.2) is 42.8 Å². The first-order valence-electron chi connectivity index (χ1n) is 6.45. The summed E-state index contributed by atoms with van der Waals surface area (Å²) in [5.74, 6) is -0.103. The van der Waals surface area contributed by atoms with Gasteiger partial charge in [-0.25, -0.2) is 12.7 Å². The van der Waals surface area contributed by atoms with Crippen molar-refractivity contribution < 1.29 is 13.2 Å². The molecule has 0 radical (unpaired) electrons. The molecule has 0 saturated carbocycles. The molecular formula is C13H18N2O3S. The first-order valence-corrected chi connectivity index (χ1v) is 8.06. The zero-order chi connectivity index (χ0) is 13.7. The summed E-state index contributed by atoms with van der Waals surface area (Å²) in [5, 5.41) is 0. The maximum Gasteiger partial charge on any atom is 0.214 e. The second kappa shape index (κ2) is 6.25. The third kappa shape index (κ3) is 3.84. The Morgan fingerprint density at radius 2 is 2.26 bits per heavy atom. The number of aryl methyl sites for hydroxylation is 1. The summed E-state index contributed by atoms with van der Waals surface area (Å²) >= 11 is 0. The van der Waals surface area contributed by atoms with Crippen molar-refractivity contribution in [3.05, 3.63) is 30.1 Å². The minimum atomic E-state index is -3.29. The Kier molecular flexibility index (Phi) is 4.66. The molecule has 2 heterocycles. The minimum absolute atomic E-state index is 0.0512. The zero-order valence-electron chi connectivity index (χ0n) is 10.7. The lowest BCUT2D eigenvalue weighted by molar-refractivity contribution is -0.112. The number of hydrogen-bond donors (Lipinski definition) is 0. The van der Waals surface area contributed by atoms with Crippen LogP contribution in [0, 0.1) is 5.92 Å². The fourth-order valence-electron chi connectivity index (χ4n) is 2.25. The molecule has 0 spiro atoms. The Balaban J connectivity index is 1.96. The maximum absolute atomic E-state index is 12.2. The lowest BCUT2D eigenvalue weighted by Crippen LogP contribution is -2.41. The van der Waals surface area contributed by atoms with Crippen LogP contribution < -0.4 is 0 Å². The predicted molar refractivity (Wildman–Crippen MR) is 72.1 cm³/mol. The molecule has 104 valence electrons. The quantitative estimate of drug-likeness (QED) is 0.751. The van der Waals surface area contributed by atoms with Crippen molar-refractivity contribution >= 4 is 16.3 Å². The molecule has 0 aliphatic carbocycles. The Morgan fingerprint density at radius 3 is 2.95 bits per heavy atom. The van der Waals surface area contributed by atoms with Gasteiger partial charge in [0.15, 0.2) is 0 Å². The van der Waals surface area contributed by atoms with Crippen molar-refractivity contribution in [3.8, 4) is 0 Å². The van der Waals surface area contributed by atoms with Crippen LogP contribution in [-0.2, 0) is 21.2 Å². The monoisotopic (exact) mass is 282 g/mol. The van der Waals surface area contributed by atoms with E-state index >= 15 is 0 Å². The number of piperidine rings is 1. The number of nitrogens with zero attached hydrogens (tertiary/aromatic N) is 2. The molecule has 0 amide bonds. The van der Waals surface area contributed by atoms with E-state index in [2.05, 4.69) is 4.98 Å². The van der Waals surface area contributed by atoms with E-state index in [0.717, 1.165) is 24.8 Å². The van der Waals surface area contributed by atoms with E-state index in [4.69, 9.17) is 0 Å².